The molecule has 1 heterocycles. The van der Waals surface area contributed by atoms with E-state index in [-0.39, 0.29) is 23.8 Å². The van der Waals surface area contributed by atoms with Gasteiger partial charge < -0.3 is 14.7 Å². The predicted octanol–water partition coefficient (Wildman–Crippen LogP) is 2.52. The van der Waals surface area contributed by atoms with Crippen LogP contribution in [0.1, 0.15) is 13.8 Å². The molecule has 3 atom stereocenters. The minimum atomic E-state index is -1.05. The number of halogens is 1. The molecule has 2 unspecified atom stereocenters. The first kappa shape index (κ1) is 17.1. The molecule has 22 heavy (non-hydrogen) atoms. The number of morpholine rings is 1. The van der Waals surface area contributed by atoms with Gasteiger partial charge in [0.25, 0.3) is 0 Å². The van der Waals surface area contributed by atoms with Crippen molar-refractivity contribution in [2.75, 3.05) is 13.1 Å². The van der Waals surface area contributed by atoms with Gasteiger partial charge in [-0.2, -0.15) is 0 Å². The largest absolute Gasteiger partial charge is 0.479 e. The van der Waals surface area contributed by atoms with Crippen LogP contribution in [0.5, 0.6) is 0 Å². The van der Waals surface area contributed by atoms with E-state index in [0.29, 0.717) is 11.6 Å². The number of carboxylic acid groups (broad SMARTS) is 1. The Morgan fingerprint density at radius 2 is 2.09 bits per heavy atom. The molecule has 0 saturated carbocycles. The van der Waals surface area contributed by atoms with Crippen LogP contribution in [0.15, 0.2) is 29.2 Å². The van der Waals surface area contributed by atoms with Gasteiger partial charge in [-0.25, -0.2) is 4.79 Å². The highest BCUT2D eigenvalue weighted by atomic mass is 35.5. The minimum Gasteiger partial charge on any atom is -0.479 e. The number of aliphatic carboxylic acids is 1. The molecule has 7 heteroatoms. The third-order valence-corrected chi connectivity index (χ3v) is 4.94. The molecule has 0 aromatic heterocycles. The summed E-state index contributed by atoms with van der Waals surface area (Å²) >= 11 is 7.47. The first-order valence-electron chi connectivity index (χ1n) is 6.96. The van der Waals surface area contributed by atoms with Crippen LogP contribution in [0, 0.1) is 0 Å². The van der Waals surface area contributed by atoms with Crippen LogP contribution >= 0.6 is 23.4 Å². The second-order valence-electron chi connectivity index (χ2n) is 5.21. The molecule has 5 nitrogen and oxygen atoms in total. The fourth-order valence-corrected chi connectivity index (χ4v) is 3.54. The topological polar surface area (TPSA) is 66.8 Å². The second-order valence-corrected chi connectivity index (χ2v) is 7.00. The normalized spacial score (nSPS) is 23.1. The van der Waals surface area contributed by atoms with Gasteiger partial charge in [0.2, 0.25) is 5.91 Å². The quantitative estimate of drug-likeness (QED) is 0.851. The Balaban J connectivity index is 2.03. The van der Waals surface area contributed by atoms with Gasteiger partial charge in [0.15, 0.2) is 6.10 Å². The van der Waals surface area contributed by atoms with Crippen molar-refractivity contribution in [1.29, 1.82) is 0 Å². The second kappa shape index (κ2) is 7.35. The Bertz CT molecular complexity index is 568. The number of hydrogen-bond acceptors (Lipinski definition) is 4. The van der Waals surface area contributed by atoms with Crippen molar-refractivity contribution >= 4 is 35.2 Å². The van der Waals surface area contributed by atoms with Gasteiger partial charge >= 0.3 is 5.97 Å². The highest BCUT2D eigenvalue weighted by Gasteiger charge is 2.34. The van der Waals surface area contributed by atoms with E-state index in [9.17, 15) is 9.59 Å². The van der Waals surface area contributed by atoms with E-state index in [1.165, 1.54) is 11.8 Å². The molecule has 1 N–H and O–H groups in total. The number of nitrogens with zero attached hydrogens (tertiary/aromatic N) is 1. The zero-order valence-corrected chi connectivity index (χ0v) is 13.9. The molecule has 1 aliphatic rings. The van der Waals surface area contributed by atoms with Crippen molar-refractivity contribution in [2.24, 2.45) is 0 Å². The lowest BCUT2D eigenvalue weighted by Crippen LogP contribution is -2.53. The number of amides is 1. The van der Waals surface area contributed by atoms with E-state index >= 15 is 0 Å². The zero-order valence-electron chi connectivity index (χ0n) is 12.4. The summed E-state index contributed by atoms with van der Waals surface area (Å²) in [6, 6.07) is 7.33. The van der Waals surface area contributed by atoms with Crippen molar-refractivity contribution in [3.63, 3.8) is 0 Å². The van der Waals surface area contributed by atoms with Crippen LogP contribution in [0.4, 0.5) is 0 Å². The number of ether oxygens (including phenoxy) is 1. The summed E-state index contributed by atoms with van der Waals surface area (Å²) in [6.07, 6.45) is -1.26. The number of carbonyl (C=O) groups excluding carboxylic acids is 1. The Labute approximate surface area is 138 Å². The van der Waals surface area contributed by atoms with Gasteiger partial charge in [-0.3, -0.25) is 4.79 Å². The summed E-state index contributed by atoms with van der Waals surface area (Å²) in [7, 11) is 0. The molecule has 1 aliphatic heterocycles. The summed E-state index contributed by atoms with van der Waals surface area (Å²) in [5.41, 5.74) is 0. The number of carbonyl (C=O) groups is 2. The summed E-state index contributed by atoms with van der Waals surface area (Å²) in [6.45, 7) is 4.04. The third kappa shape index (κ3) is 4.15. The predicted molar refractivity (Wildman–Crippen MR) is 85.3 cm³/mol. The summed E-state index contributed by atoms with van der Waals surface area (Å²) in [4.78, 5) is 26.0. The summed E-state index contributed by atoms with van der Waals surface area (Å²) < 4.78 is 5.32. The molecule has 2 rings (SSSR count). The number of benzene rings is 1. The lowest BCUT2D eigenvalue weighted by atomic mass is 10.2. The van der Waals surface area contributed by atoms with Gasteiger partial charge in [0.1, 0.15) is 0 Å². The van der Waals surface area contributed by atoms with Crippen molar-refractivity contribution in [3.8, 4) is 0 Å². The van der Waals surface area contributed by atoms with E-state index in [2.05, 4.69) is 0 Å². The Hall–Kier alpha value is -1.24. The fraction of sp³-hybridized carbons (Fsp3) is 0.467. The van der Waals surface area contributed by atoms with Gasteiger partial charge in [-0.15, -0.1) is 11.8 Å². The van der Waals surface area contributed by atoms with Gasteiger partial charge in [-0.1, -0.05) is 23.7 Å². The van der Waals surface area contributed by atoms with Crippen LogP contribution in [-0.2, 0) is 14.3 Å². The van der Waals surface area contributed by atoms with Crippen LogP contribution in [0.2, 0.25) is 5.02 Å². The standard InChI is InChI=1S/C15H18ClNO4S/c1-9-7-17(8-12(21-9)15(19)20)14(18)10(2)22-13-6-4-3-5-11(13)16/h3-6,9-10,12H,7-8H2,1-2H3,(H,19,20)/t9-,10?,12?/m1/s1. The summed E-state index contributed by atoms with van der Waals surface area (Å²) in [5.74, 6) is -1.15. The highest BCUT2D eigenvalue weighted by Crippen LogP contribution is 2.31. The molecular formula is C15H18ClNO4S. The van der Waals surface area contributed by atoms with Gasteiger partial charge in [0, 0.05) is 11.4 Å². The maximum absolute atomic E-state index is 12.5. The fourth-order valence-electron chi connectivity index (χ4n) is 2.31. The highest BCUT2D eigenvalue weighted by molar-refractivity contribution is 8.00. The van der Waals surface area contributed by atoms with E-state index < -0.39 is 12.1 Å². The Morgan fingerprint density at radius 1 is 1.41 bits per heavy atom. The summed E-state index contributed by atoms with van der Waals surface area (Å²) in [5, 5.41) is 9.34. The molecule has 0 aliphatic carbocycles. The molecule has 1 aromatic carbocycles. The third-order valence-electron chi connectivity index (χ3n) is 3.34. The molecule has 0 spiro atoms. The zero-order chi connectivity index (χ0) is 16.3. The van der Waals surface area contributed by atoms with E-state index in [0.717, 1.165) is 4.90 Å². The van der Waals surface area contributed by atoms with Crippen LogP contribution in [-0.4, -0.2) is 52.4 Å². The molecule has 0 radical (unpaired) electrons. The average Bonchev–Trinajstić information content (AvgIpc) is 2.48. The lowest BCUT2D eigenvalue weighted by molar-refractivity contribution is -0.166. The molecule has 120 valence electrons. The van der Waals surface area contributed by atoms with Crippen molar-refractivity contribution in [3.05, 3.63) is 29.3 Å². The minimum absolute atomic E-state index is 0.0753. The average molecular weight is 344 g/mol. The SMILES string of the molecule is CC(Sc1ccccc1Cl)C(=O)N1CC(C(=O)O)O[C@H](C)C1. The van der Waals surface area contributed by atoms with Crippen molar-refractivity contribution < 1.29 is 19.4 Å². The maximum Gasteiger partial charge on any atom is 0.334 e. The van der Waals surface area contributed by atoms with Crippen LogP contribution < -0.4 is 0 Å². The molecular weight excluding hydrogens is 326 g/mol. The molecule has 1 fully saturated rings. The maximum atomic E-state index is 12.5. The van der Waals surface area contributed by atoms with Crippen molar-refractivity contribution in [1.82, 2.24) is 4.90 Å². The van der Waals surface area contributed by atoms with Crippen LogP contribution in [0.3, 0.4) is 0 Å². The first-order valence-corrected chi connectivity index (χ1v) is 8.22. The van der Waals surface area contributed by atoms with E-state index in [1.807, 2.05) is 18.2 Å². The Morgan fingerprint density at radius 3 is 2.73 bits per heavy atom. The first-order chi connectivity index (χ1) is 10.4. The number of rotatable bonds is 4. The molecule has 0 bridgehead atoms. The van der Waals surface area contributed by atoms with Gasteiger partial charge in [0.05, 0.1) is 22.9 Å². The molecule has 1 saturated heterocycles. The van der Waals surface area contributed by atoms with Gasteiger partial charge in [-0.05, 0) is 26.0 Å². The number of thioether (sulfide) groups is 1. The van der Waals surface area contributed by atoms with Crippen LogP contribution in [0.25, 0.3) is 0 Å². The van der Waals surface area contributed by atoms with E-state index in [1.54, 1.807) is 24.8 Å². The monoisotopic (exact) mass is 343 g/mol. The Kier molecular flexibility index (Phi) is 5.72. The molecule has 1 aromatic rings. The smallest absolute Gasteiger partial charge is 0.334 e. The number of hydrogen-bond donors (Lipinski definition) is 1. The molecule has 1 amide bonds. The number of carboxylic acids is 1. The lowest BCUT2D eigenvalue weighted by Gasteiger charge is -2.36. The van der Waals surface area contributed by atoms with Crippen molar-refractivity contribution in [2.45, 2.75) is 36.2 Å². The van der Waals surface area contributed by atoms with E-state index in [4.69, 9.17) is 21.4 Å².